The maximum Gasteiger partial charge on any atom is 0.151 e. The second-order valence-electron chi connectivity index (χ2n) is 3.00. The summed E-state index contributed by atoms with van der Waals surface area (Å²) in [6.07, 6.45) is 0. The van der Waals surface area contributed by atoms with Crippen LogP contribution in [0.4, 0.5) is 4.39 Å². The molecule has 1 aromatic carbocycles. The summed E-state index contributed by atoms with van der Waals surface area (Å²) >= 11 is 0. The summed E-state index contributed by atoms with van der Waals surface area (Å²) in [5, 5.41) is 0. The zero-order valence-corrected chi connectivity index (χ0v) is 7.50. The predicted molar refractivity (Wildman–Crippen MR) is 49.0 cm³/mol. The molecule has 0 radical (unpaired) electrons. The third kappa shape index (κ3) is 1.26. The molecular weight excluding hydrogens is 167 g/mol. The Labute approximate surface area is 75.4 Å². The van der Waals surface area contributed by atoms with Crippen molar-refractivity contribution < 1.29 is 4.39 Å². The van der Waals surface area contributed by atoms with E-state index in [1.165, 1.54) is 6.07 Å². The third-order valence-electron chi connectivity index (χ3n) is 2.06. The van der Waals surface area contributed by atoms with E-state index in [1.54, 1.807) is 12.1 Å². The largest absolute Gasteiger partial charge is 0.249 e. The topological polar surface area (TPSA) is 25.8 Å². The van der Waals surface area contributed by atoms with Crippen LogP contribution >= 0.6 is 0 Å². The normalized spacial score (nSPS) is 10.7. The lowest BCUT2D eigenvalue weighted by atomic mass is 10.2. The molecule has 66 valence electrons. The van der Waals surface area contributed by atoms with E-state index in [0.717, 1.165) is 11.4 Å². The number of halogens is 1. The van der Waals surface area contributed by atoms with E-state index in [0.29, 0.717) is 11.0 Å². The van der Waals surface area contributed by atoms with Gasteiger partial charge < -0.3 is 0 Å². The predicted octanol–water partition coefficient (Wildman–Crippen LogP) is 2.39. The van der Waals surface area contributed by atoms with Crippen molar-refractivity contribution >= 4 is 11.0 Å². The van der Waals surface area contributed by atoms with E-state index in [1.807, 2.05) is 13.8 Å². The van der Waals surface area contributed by atoms with Gasteiger partial charge in [0.2, 0.25) is 0 Å². The fraction of sp³-hybridized carbons (Fsp3) is 0.200. The van der Waals surface area contributed by atoms with Gasteiger partial charge in [-0.25, -0.2) is 14.4 Å². The van der Waals surface area contributed by atoms with Crippen LogP contribution in [0.1, 0.15) is 11.4 Å². The molecule has 0 atom stereocenters. The minimum atomic E-state index is -0.312. The first-order chi connectivity index (χ1) is 6.18. The first-order valence-corrected chi connectivity index (χ1v) is 4.08. The second-order valence-corrected chi connectivity index (χ2v) is 3.00. The summed E-state index contributed by atoms with van der Waals surface area (Å²) in [6, 6.07) is 4.80. The summed E-state index contributed by atoms with van der Waals surface area (Å²) in [5.74, 6) is -0.312. The highest BCUT2D eigenvalue weighted by Crippen LogP contribution is 2.14. The number of rotatable bonds is 0. The monoisotopic (exact) mass is 176 g/mol. The molecule has 0 fully saturated rings. The van der Waals surface area contributed by atoms with E-state index in [4.69, 9.17) is 0 Å². The van der Waals surface area contributed by atoms with Gasteiger partial charge in [-0.3, -0.25) is 0 Å². The van der Waals surface area contributed by atoms with Crippen molar-refractivity contribution in [3.05, 3.63) is 35.4 Å². The Morgan fingerprint density at radius 2 is 1.77 bits per heavy atom. The Morgan fingerprint density at radius 1 is 1.08 bits per heavy atom. The molecule has 0 bridgehead atoms. The standard InChI is InChI=1S/C10H9FN2/c1-6-7(2)13-10-8(11)4-3-5-9(10)12-6/h3-5H,1-2H3. The van der Waals surface area contributed by atoms with Gasteiger partial charge in [-0.2, -0.15) is 0 Å². The summed E-state index contributed by atoms with van der Waals surface area (Å²) < 4.78 is 13.2. The van der Waals surface area contributed by atoms with Crippen LogP contribution in [-0.4, -0.2) is 9.97 Å². The number of nitrogens with zero attached hydrogens (tertiary/aromatic N) is 2. The average Bonchev–Trinajstić information content (AvgIpc) is 2.09. The van der Waals surface area contributed by atoms with Crippen molar-refractivity contribution in [2.24, 2.45) is 0 Å². The molecule has 0 spiro atoms. The van der Waals surface area contributed by atoms with Gasteiger partial charge in [0, 0.05) is 0 Å². The smallest absolute Gasteiger partial charge is 0.151 e. The number of fused-ring (bicyclic) bond motifs is 1. The first kappa shape index (κ1) is 8.10. The molecule has 0 aliphatic rings. The van der Waals surface area contributed by atoms with Crippen LogP contribution in [0.25, 0.3) is 11.0 Å². The van der Waals surface area contributed by atoms with Gasteiger partial charge >= 0.3 is 0 Å². The van der Waals surface area contributed by atoms with Crippen LogP contribution in [0.2, 0.25) is 0 Å². The molecule has 0 saturated heterocycles. The summed E-state index contributed by atoms with van der Waals surface area (Å²) in [7, 11) is 0. The van der Waals surface area contributed by atoms with Gasteiger partial charge in [0.25, 0.3) is 0 Å². The number of aromatic nitrogens is 2. The number of para-hydroxylation sites is 1. The molecule has 0 aliphatic carbocycles. The molecule has 0 aliphatic heterocycles. The lowest BCUT2D eigenvalue weighted by Crippen LogP contribution is -1.94. The van der Waals surface area contributed by atoms with Crippen molar-refractivity contribution in [1.82, 2.24) is 9.97 Å². The maximum absolute atomic E-state index is 13.2. The Hall–Kier alpha value is -1.51. The van der Waals surface area contributed by atoms with Crippen LogP contribution in [0.15, 0.2) is 18.2 Å². The van der Waals surface area contributed by atoms with Crippen LogP contribution in [0.3, 0.4) is 0 Å². The molecular formula is C10H9FN2. The Kier molecular flexibility index (Phi) is 1.72. The molecule has 1 heterocycles. The number of aryl methyl sites for hydroxylation is 2. The maximum atomic E-state index is 13.2. The molecule has 2 aromatic rings. The number of hydrogen-bond acceptors (Lipinski definition) is 2. The first-order valence-electron chi connectivity index (χ1n) is 4.08. The molecule has 3 heteroatoms. The van der Waals surface area contributed by atoms with Gasteiger partial charge in [0.1, 0.15) is 5.52 Å². The van der Waals surface area contributed by atoms with E-state index >= 15 is 0 Å². The summed E-state index contributed by atoms with van der Waals surface area (Å²) in [5.41, 5.74) is 2.59. The SMILES string of the molecule is Cc1nc2cccc(F)c2nc1C. The summed E-state index contributed by atoms with van der Waals surface area (Å²) in [6.45, 7) is 3.70. The molecule has 0 N–H and O–H groups in total. The lowest BCUT2D eigenvalue weighted by Gasteiger charge is -2.01. The zero-order chi connectivity index (χ0) is 9.42. The van der Waals surface area contributed by atoms with Crippen LogP contribution < -0.4 is 0 Å². The van der Waals surface area contributed by atoms with Gasteiger partial charge in [-0.1, -0.05) is 6.07 Å². The van der Waals surface area contributed by atoms with Crippen molar-refractivity contribution in [2.45, 2.75) is 13.8 Å². The summed E-state index contributed by atoms with van der Waals surface area (Å²) in [4.78, 5) is 8.37. The Bertz CT molecular complexity index is 466. The second kappa shape index (κ2) is 2.76. The van der Waals surface area contributed by atoms with E-state index in [-0.39, 0.29) is 5.82 Å². The molecule has 0 unspecified atom stereocenters. The lowest BCUT2D eigenvalue weighted by molar-refractivity contribution is 0.636. The number of benzene rings is 1. The fourth-order valence-electron chi connectivity index (χ4n) is 1.22. The molecule has 1 aromatic heterocycles. The Morgan fingerprint density at radius 3 is 2.54 bits per heavy atom. The van der Waals surface area contributed by atoms with Crippen molar-refractivity contribution in [3.8, 4) is 0 Å². The van der Waals surface area contributed by atoms with Crippen molar-refractivity contribution in [2.75, 3.05) is 0 Å². The zero-order valence-electron chi connectivity index (χ0n) is 7.50. The van der Waals surface area contributed by atoms with Gasteiger partial charge in [-0.15, -0.1) is 0 Å². The van der Waals surface area contributed by atoms with Crippen LogP contribution in [0.5, 0.6) is 0 Å². The highest BCUT2D eigenvalue weighted by molar-refractivity contribution is 5.74. The quantitative estimate of drug-likeness (QED) is 0.616. The van der Waals surface area contributed by atoms with Gasteiger partial charge in [0.15, 0.2) is 5.82 Å². The van der Waals surface area contributed by atoms with Crippen molar-refractivity contribution in [1.29, 1.82) is 0 Å². The highest BCUT2D eigenvalue weighted by Gasteiger charge is 2.04. The molecule has 13 heavy (non-hydrogen) atoms. The highest BCUT2D eigenvalue weighted by atomic mass is 19.1. The van der Waals surface area contributed by atoms with E-state index in [2.05, 4.69) is 9.97 Å². The fourth-order valence-corrected chi connectivity index (χ4v) is 1.22. The average molecular weight is 176 g/mol. The van der Waals surface area contributed by atoms with E-state index < -0.39 is 0 Å². The van der Waals surface area contributed by atoms with Crippen molar-refractivity contribution in [3.63, 3.8) is 0 Å². The number of hydrogen-bond donors (Lipinski definition) is 0. The van der Waals surface area contributed by atoms with Gasteiger partial charge in [-0.05, 0) is 26.0 Å². The van der Waals surface area contributed by atoms with E-state index in [9.17, 15) is 4.39 Å². The molecule has 0 amide bonds. The minimum Gasteiger partial charge on any atom is -0.249 e. The van der Waals surface area contributed by atoms with Crippen LogP contribution in [-0.2, 0) is 0 Å². The molecule has 2 nitrogen and oxygen atoms in total. The molecule has 2 rings (SSSR count). The van der Waals surface area contributed by atoms with Crippen LogP contribution in [0, 0.1) is 19.7 Å². The third-order valence-corrected chi connectivity index (χ3v) is 2.06. The molecule has 0 saturated carbocycles. The minimum absolute atomic E-state index is 0.312. The Balaban J connectivity index is 2.89. The van der Waals surface area contributed by atoms with Gasteiger partial charge in [0.05, 0.1) is 16.9 Å².